The van der Waals surface area contributed by atoms with E-state index in [0.29, 0.717) is 12.6 Å². The summed E-state index contributed by atoms with van der Waals surface area (Å²) in [7, 11) is 0. The van der Waals surface area contributed by atoms with Crippen LogP contribution in [-0.4, -0.2) is 26.9 Å². The molecule has 0 aliphatic rings. The molecule has 0 radical (unpaired) electrons. The van der Waals surface area contributed by atoms with Gasteiger partial charge in [-0.15, -0.1) is 5.10 Å². The molecule has 6 heteroatoms. The van der Waals surface area contributed by atoms with E-state index in [9.17, 15) is 4.79 Å². The molecule has 1 heterocycles. The van der Waals surface area contributed by atoms with E-state index in [-0.39, 0.29) is 5.91 Å². The standard InChI is InChI=1S/C15H21N5O/c1-11(2)16-9-14-10-20(19-18-14)12(3)15(21)17-13-7-5-4-6-8-13/h4-8,10-12,16H,9H2,1-3H3,(H,17,21). The van der Waals surface area contributed by atoms with Crippen LogP contribution in [-0.2, 0) is 11.3 Å². The Balaban J connectivity index is 1.96. The van der Waals surface area contributed by atoms with Gasteiger partial charge in [-0.1, -0.05) is 37.3 Å². The molecule has 0 saturated carbocycles. The molecule has 2 N–H and O–H groups in total. The number of amides is 1. The summed E-state index contributed by atoms with van der Waals surface area (Å²) in [5, 5.41) is 14.2. The summed E-state index contributed by atoms with van der Waals surface area (Å²) in [5.74, 6) is -0.116. The molecule has 112 valence electrons. The Kier molecular flexibility index (Phi) is 5.05. The fourth-order valence-corrected chi connectivity index (χ4v) is 1.78. The van der Waals surface area contributed by atoms with Gasteiger partial charge < -0.3 is 10.6 Å². The number of carbonyl (C=O) groups excluding carboxylic acids is 1. The minimum atomic E-state index is -0.412. The van der Waals surface area contributed by atoms with Crippen molar-refractivity contribution >= 4 is 11.6 Å². The fourth-order valence-electron chi connectivity index (χ4n) is 1.78. The molecule has 0 saturated heterocycles. The molecule has 0 aliphatic carbocycles. The lowest BCUT2D eigenvalue weighted by Gasteiger charge is -2.11. The lowest BCUT2D eigenvalue weighted by molar-refractivity contribution is -0.119. The topological polar surface area (TPSA) is 71.8 Å². The molecule has 1 unspecified atom stereocenters. The summed E-state index contributed by atoms with van der Waals surface area (Å²) in [6.07, 6.45) is 1.80. The zero-order valence-corrected chi connectivity index (χ0v) is 12.6. The van der Waals surface area contributed by atoms with Gasteiger partial charge in [0.15, 0.2) is 0 Å². The second-order valence-corrected chi connectivity index (χ2v) is 5.26. The van der Waals surface area contributed by atoms with Crippen molar-refractivity contribution in [1.29, 1.82) is 0 Å². The third-order valence-electron chi connectivity index (χ3n) is 3.07. The Morgan fingerprint density at radius 3 is 2.62 bits per heavy atom. The molecular weight excluding hydrogens is 266 g/mol. The molecule has 1 aromatic heterocycles. The van der Waals surface area contributed by atoms with Crippen LogP contribution in [0.4, 0.5) is 5.69 Å². The van der Waals surface area contributed by atoms with Gasteiger partial charge >= 0.3 is 0 Å². The van der Waals surface area contributed by atoms with E-state index in [1.165, 1.54) is 0 Å². The van der Waals surface area contributed by atoms with Gasteiger partial charge in [-0.25, -0.2) is 4.68 Å². The van der Waals surface area contributed by atoms with Crippen LogP contribution in [0.15, 0.2) is 36.5 Å². The van der Waals surface area contributed by atoms with E-state index in [1.54, 1.807) is 17.8 Å². The maximum atomic E-state index is 12.2. The molecule has 2 aromatic rings. The van der Waals surface area contributed by atoms with Gasteiger partial charge in [-0.05, 0) is 19.1 Å². The molecular formula is C15H21N5O. The number of hydrogen-bond acceptors (Lipinski definition) is 4. The van der Waals surface area contributed by atoms with Gasteiger partial charge in [0.05, 0.1) is 11.9 Å². The number of hydrogen-bond donors (Lipinski definition) is 2. The van der Waals surface area contributed by atoms with Gasteiger partial charge in [-0.3, -0.25) is 4.79 Å². The quantitative estimate of drug-likeness (QED) is 0.852. The molecule has 0 spiro atoms. The number of anilines is 1. The van der Waals surface area contributed by atoms with Crippen LogP contribution in [0.1, 0.15) is 32.5 Å². The highest BCUT2D eigenvalue weighted by atomic mass is 16.2. The second kappa shape index (κ2) is 6.99. The second-order valence-electron chi connectivity index (χ2n) is 5.26. The van der Waals surface area contributed by atoms with Crippen molar-refractivity contribution in [3.8, 4) is 0 Å². The average Bonchev–Trinajstić information content (AvgIpc) is 2.94. The van der Waals surface area contributed by atoms with E-state index in [4.69, 9.17) is 0 Å². The van der Waals surface area contributed by atoms with Crippen molar-refractivity contribution in [3.05, 3.63) is 42.2 Å². The summed E-state index contributed by atoms with van der Waals surface area (Å²) in [4.78, 5) is 12.2. The summed E-state index contributed by atoms with van der Waals surface area (Å²) in [5.41, 5.74) is 1.60. The number of nitrogens with one attached hydrogen (secondary N) is 2. The predicted molar refractivity (Wildman–Crippen MR) is 81.8 cm³/mol. The van der Waals surface area contributed by atoms with Crippen LogP contribution in [0.5, 0.6) is 0 Å². The van der Waals surface area contributed by atoms with Gasteiger partial charge in [0.1, 0.15) is 6.04 Å². The summed E-state index contributed by atoms with van der Waals surface area (Å²) in [6.45, 7) is 6.58. The van der Waals surface area contributed by atoms with E-state index in [0.717, 1.165) is 11.4 Å². The molecule has 1 aromatic carbocycles. The Morgan fingerprint density at radius 2 is 1.95 bits per heavy atom. The van der Waals surface area contributed by atoms with Crippen molar-refractivity contribution in [2.45, 2.75) is 39.4 Å². The van der Waals surface area contributed by atoms with Gasteiger partial charge in [0.25, 0.3) is 0 Å². The summed E-state index contributed by atoms with van der Waals surface area (Å²) >= 11 is 0. The maximum absolute atomic E-state index is 12.2. The number of rotatable bonds is 6. The Labute approximate surface area is 124 Å². The molecule has 1 atom stereocenters. The highest BCUT2D eigenvalue weighted by molar-refractivity contribution is 5.93. The molecule has 0 bridgehead atoms. The highest BCUT2D eigenvalue weighted by Crippen LogP contribution is 2.11. The fraction of sp³-hybridized carbons (Fsp3) is 0.400. The largest absolute Gasteiger partial charge is 0.324 e. The average molecular weight is 287 g/mol. The van der Waals surface area contributed by atoms with Gasteiger partial charge in [-0.2, -0.15) is 0 Å². The molecule has 2 rings (SSSR count). The number of benzene rings is 1. The monoisotopic (exact) mass is 287 g/mol. The van der Waals surface area contributed by atoms with Crippen molar-refractivity contribution in [2.75, 3.05) is 5.32 Å². The SMILES string of the molecule is CC(C)NCc1cn(C(C)C(=O)Nc2ccccc2)nn1. The van der Waals surface area contributed by atoms with Crippen LogP contribution >= 0.6 is 0 Å². The highest BCUT2D eigenvalue weighted by Gasteiger charge is 2.16. The Bertz CT molecular complexity index is 579. The number of aromatic nitrogens is 3. The zero-order valence-electron chi connectivity index (χ0n) is 12.6. The molecule has 1 amide bonds. The van der Waals surface area contributed by atoms with Crippen molar-refractivity contribution < 1.29 is 4.79 Å². The number of nitrogens with zero attached hydrogens (tertiary/aromatic N) is 3. The first-order chi connectivity index (χ1) is 10.1. The lowest BCUT2D eigenvalue weighted by atomic mass is 10.2. The number of para-hydroxylation sites is 1. The molecule has 21 heavy (non-hydrogen) atoms. The lowest BCUT2D eigenvalue weighted by Crippen LogP contribution is -2.24. The van der Waals surface area contributed by atoms with Crippen LogP contribution in [0, 0.1) is 0 Å². The first kappa shape index (κ1) is 15.2. The molecule has 0 aliphatic heterocycles. The third-order valence-corrected chi connectivity index (χ3v) is 3.07. The normalized spacial score (nSPS) is 12.4. The molecule has 0 fully saturated rings. The number of carbonyl (C=O) groups is 1. The summed E-state index contributed by atoms with van der Waals surface area (Å²) < 4.78 is 1.58. The van der Waals surface area contributed by atoms with E-state index in [2.05, 4.69) is 34.8 Å². The minimum Gasteiger partial charge on any atom is -0.324 e. The van der Waals surface area contributed by atoms with Crippen LogP contribution in [0.25, 0.3) is 0 Å². The Morgan fingerprint density at radius 1 is 1.24 bits per heavy atom. The Hall–Kier alpha value is -2.21. The van der Waals surface area contributed by atoms with Crippen LogP contribution in [0.3, 0.4) is 0 Å². The molecule has 6 nitrogen and oxygen atoms in total. The minimum absolute atomic E-state index is 0.116. The van der Waals surface area contributed by atoms with Gasteiger partial charge in [0.2, 0.25) is 5.91 Å². The summed E-state index contributed by atoms with van der Waals surface area (Å²) in [6, 6.07) is 9.34. The maximum Gasteiger partial charge on any atom is 0.249 e. The zero-order chi connectivity index (χ0) is 15.2. The predicted octanol–water partition coefficient (Wildman–Crippen LogP) is 1.98. The first-order valence-corrected chi connectivity index (χ1v) is 7.06. The van der Waals surface area contributed by atoms with Crippen molar-refractivity contribution in [2.24, 2.45) is 0 Å². The van der Waals surface area contributed by atoms with Gasteiger partial charge in [0, 0.05) is 18.3 Å². The van der Waals surface area contributed by atoms with E-state index in [1.807, 2.05) is 30.3 Å². The smallest absolute Gasteiger partial charge is 0.249 e. The van der Waals surface area contributed by atoms with Crippen molar-refractivity contribution in [3.63, 3.8) is 0 Å². The first-order valence-electron chi connectivity index (χ1n) is 7.06. The van der Waals surface area contributed by atoms with Crippen LogP contribution in [0.2, 0.25) is 0 Å². The van der Waals surface area contributed by atoms with E-state index >= 15 is 0 Å². The van der Waals surface area contributed by atoms with E-state index < -0.39 is 6.04 Å². The third kappa shape index (κ3) is 4.39. The van der Waals surface area contributed by atoms with Crippen LogP contribution < -0.4 is 10.6 Å². The van der Waals surface area contributed by atoms with Crippen molar-refractivity contribution in [1.82, 2.24) is 20.3 Å².